The molecular formula is C16H27NOS. The maximum Gasteiger partial charge on any atom is 0.119 e. The molecule has 0 bridgehead atoms. The second-order valence-electron chi connectivity index (χ2n) is 4.81. The molecule has 19 heavy (non-hydrogen) atoms. The molecule has 0 aliphatic heterocycles. The van der Waals surface area contributed by atoms with Crippen LogP contribution in [0.3, 0.4) is 0 Å². The van der Waals surface area contributed by atoms with Gasteiger partial charge in [-0.15, -0.1) is 0 Å². The SMILES string of the molecule is CCCOc1ccc(C(CSC(C)CC)NC)cc1. The maximum absolute atomic E-state index is 5.61. The van der Waals surface area contributed by atoms with Gasteiger partial charge in [0.15, 0.2) is 0 Å². The molecule has 1 N–H and O–H groups in total. The van der Waals surface area contributed by atoms with E-state index in [-0.39, 0.29) is 0 Å². The molecule has 2 unspecified atom stereocenters. The van der Waals surface area contributed by atoms with Gasteiger partial charge in [0.25, 0.3) is 0 Å². The van der Waals surface area contributed by atoms with Crippen molar-refractivity contribution in [1.29, 1.82) is 0 Å². The van der Waals surface area contributed by atoms with E-state index in [1.807, 2.05) is 18.8 Å². The minimum absolute atomic E-state index is 0.416. The topological polar surface area (TPSA) is 21.3 Å². The predicted molar refractivity (Wildman–Crippen MR) is 86.2 cm³/mol. The first-order chi connectivity index (χ1) is 9.21. The Labute approximate surface area is 122 Å². The first-order valence-electron chi connectivity index (χ1n) is 7.22. The summed E-state index contributed by atoms with van der Waals surface area (Å²) in [6, 6.07) is 8.90. The minimum Gasteiger partial charge on any atom is -0.494 e. The van der Waals surface area contributed by atoms with Crippen LogP contribution in [0.4, 0.5) is 0 Å². The van der Waals surface area contributed by atoms with Gasteiger partial charge in [-0.2, -0.15) is 11.8 Å². The van der Waals surface area contributed by atoms with Gasteiger partial charge in [0.2, 0.25) is 0 Å². The van der Waals surface area contributed by atoms with Crippen LogP contribution in [-0.2, 0) is 0 Å². The fourth-order valence-corrected chi connectivity index (χ4v) is 2.86. The van der Waals surface area contributed by atoms with Gasteiger partial charge in [0.05, 0.1) is 6.61 Å². The molecule has 0 aliphatic rings. The number of ether oxygens (including phenoxy) is 1. The Bertz CT molecular complexity index is 339. The van der Waals surface area contributed by atoms with Gasteiger partial charge in [0.1, 0.15) is 5.75 Å². The number of nitrogens with one attached hydrogen (secondary N) is 1. The molecule has 2 nitrogen and oxygen atoms in total. The van der Waals surface area contributed by atoms with Crippen molar-refractivity contribution in [3.05, 3.63) is 29.8 Å². The average Bonchev–Trinajstić information content (AvgIpc) is 2.46. The second kappa shape index (κ2) is 9.27. The van der Waals surface area contributed by atoms with E-state index >= 15 is 0 Å². The standard InChI is InChI=1S/C16H27NOS/c1-5-11-18-15-9-7-14(8-10-15)16(17-4)12-19-13(3)6-2/h7-10,13,16-17H,5-6,11-12H2,1-4H3. The van der Waals surface area contributed by atoms with Crippen molar-refractivity contribution in [2.24, 2.45) is 0 Å². The zero-order valence-electron chi connectivity index (χ0n) is 12.6. The lowest BCUT2D eigenvalue weighted by atomic mass is 10.1. The van der Waals surface area contributed by atoms with E-state index < -0.39 is 0 Å². The van der Waals surface area contributed by atoms with Gasteiger partial charge in [-0.25, -0.2) is 0 Å². The summed E-state index contributed by atoms with van der Waals surface area (Å²) in [6.07, 6.45) is 2.28. The predicted octanol–water partition coefficient (Wildman–Crippen LogP) is 4.27. The summed E-state index contributed by atoms with van der Waals surface area (Å²) in [6.45, 7) is 7.45. The van der Waals surface area contributed by atoms with E-state index in [0.29, 0.717) is 6.04 Å². The Morgan fingerprint density at radius 3 is 2.42 bits per heavy atom. The lowest BCUT2D eigenvalue weighted by molar-refractivity contribution is 0.317. The fraction of sp³-hybridized carbons (Fsp3) is 0.625. The molecule has 0 amide bonds. The van der Waals surface area contributed by atoms with Crippen molar-refractivity contribution in [1.82, 2.24) is 5.32 Å². The third-order valence-electron chi connectivity index (χ3n) is 3.23. The van der Waals surface area contributed by atoms with Crippen molar-refractivity contribution >= 4 is 11.8 Å². The Kier molecular flexibility index (Phi) is 7.99. The van der Waals surface area contributed by atoms with Gasteiger partial charge in [0, 0.05) is 17.0 Å². The van der Waals surface area contributed by atoms with Crippen LogP contribution in [0.1, 0.15) is 45.2 Å². The third kappa shape index (κ3) is 5.87. The van der Waals surface area contributed by atoms with Gasteiger partial charge in [-0.3, -0.25) is 0 Å². The van der Waals surface area contributed by atoms with Crippen LogP contribution in [0.25, 0.3) is 0 Å². The first-order valence-corrected chi connectivity index (χ1v) is 8.27. The number of hydrogen-bond donors (Lipinski definition) is 1. The molecule has 1 aromatic rings. The Balaban J connectivity index is 2.55. The Hall–Kier alpha value is -0.670. The molecular weight excluding hydrogens is 254 g/mol. The first kappa shape index (κ1) is 16.4. The van der Waals surface area contributed by atoms with Gasteiger partial charge in [-0.05, 0) is 37.6 Å². The summed E-state index contributed by atoms with van der Waals surface area (Å²) in [5.41, 5.74) is 1.34. The van der Waals surface area contributed by atoms with E-state index in [1.54, 1.807) is 0 Å². The van der Waals surface area contributed by atoms with E-state index in [1.165, 1.54) is 12.0 Å². The van der Waals surface area contributed by atoms with Crippen LogP contribution in [0.15, 0.2) is 24.3 Å². The quantitative estimate of drug-likeness (QED) is 0.730. The van der Waals surface area contributed by atoms with Crippen LogP contribution in [-0.4, -0.2) is 24.7 Å². The summed E-state index contributed by atoms with van der Waals surface area (Å²) < 4.78 is 5.61. The zero-order chi connectivity index (χ0) is 14.1. The molecule has 0 spiro atoms. The molecule has 3 heteroatoms. The molecule has 0 aliphatic carbocycles. The normalized spacial score (nSPS) is 14.1. The molecule has 1 rings (SSSR count). The molecule has 2 atom stereocenters. The molecule has 0 heterocycles. The van der Waals surface area contributed by atoms with Gasteiger partial charge in [-0.1, -0.05) is 32.9 Å². The monoisotopic (exact) mass is 281 g/mol. The summed E-state index contributed by atoms with van der Waals surface area (Å²) >= 11 is 2.03. The van der Waals surface area contributed by atoms with E-state index in [0.717, 1.165) is 29.8 Å². The molecule has 0 aromatic heterocycles. The summed E-state index contributed by atoms with van der Waals surface area (Å²) in [4.78, 5) is 0. The average molecular weight is 281 g/mol. The van der Waals surface area contributed by atoms with Crippen LogP contribution < -0.4 is 10.1 Å². The van der Waals surface area contributed by atoms with Crippen molar-refractivity contribution < 1.29 is 4.74 Å². The summed E-state index contributed by atoms with van der Waals surface area (Å²) in [5.74, 6) is 2.08. The number of thioether (sulfide) groups is 1. The van der Waals surface area contributed by atoms with Crippen LogP contribution in [0.5, 0.6) is 5.75 Å². The minimum atomic E-state index is 0.416. The lowest BCUT2D eigenvalue weighted by Crippen LogP contribution is -2.19. The van der Waals surface area contributed by atoms with Crippen LogP contribution in [0.2, 0.25) is 0 Å². The Morgan fingerprint density at radius 2 is 1.89 bits per heavy atom. The highest BCUT2D eigenvalue weighted by Gasteiger charge is 2.11. The van der Waals surface area contributed by atoms with Crippen molar-refractivity contribution in [2.45, 2.75) is 44.9 Å². The van der Waals surface area contributed by atoms with Crippen molar-refractivity contribution in [2.75, 3.05) is 19.4 Å². The zero-order valence-corrected chi connectivity index (χ0v) is 13.4. The number of benzene rings is 1. The number of hydrogen-bond acceptors (Lipinski definition) is 3. The molecule has 0 saturated carbocycles. The van der Waals surface area contributed by atoms with E-state index in [9.17, 15) is 0 Å². The van der Waals surface area contributed by atoms with Crippen molar-refractivity contribution in [3.63, 3.8) is 0 Å². The summed E-state index contributed by atoms with van der Waals surface area (Å²) in [5, 5.41) is 4.12. The Morgan fingerprint density at radius 1 is 1.21 bits per heavy atom. The van der Waals surface area contributed by atoms with Crippen LogP contribution >= 0.6 is 11.8 Å². The smallest absolute Gasteiger partial charge is 0.119 e. The second-order valence-corrected chi connectivity index (χ2v) is 6.28. The maximum atomic E-state index is 5.61. The summed E-state index contributed by atoms with van der Waals surface area (Å²) in [7, 11) is 2.03. The van der Waals surface area contributed by atoms with Gasteiger partial charge >= 0.3 is 0 Å². The third-order valence-corrected chi connectivity index (χ3v) is 4.65. The molecule has 0 saturated heterocycles. The highest BCUT2D eigenvalue weighted by atomic mass is 32.2. The molecule has 0 radical (unpaired) electrons. The molecule has 108 valence electrons. The number of rotatable bonds is 9. The highest BCUT2D eigenvalue weighted by molar-refractivity contribution is 7.99. The fourth-order valence-electron chi connectivity index (χ4n) is 1.74. The largest absolute Gasteiger partial charge is 0.494 e. The van der Waals surface area contributed by atoms with Crippen molar-refractivity contribution in [3.8, 4) is 5.75 Å². The highest BCUT2D eigenvalue weighted by Crippen LogP contribution is 2.24. The van der Waals surface area contributed by atoms with E-state index in [4.69, 9.17) is 4.74 Å². The van der Waals surface area contributed by atoms with Crippen LogP contribution in [0, 0.1) is 0 Å². The molecule has 1 aromatic carbocycles. The van der Waals surface area contributed by atoms with Gasteiger partial charge < -0.3 is 10.1 Å². The van der Waals surface area contributed by atoms with E-state index in [2.05, 4.69) is 50.4 Å². The lowest BCUT2D eigenvalue weighted by Gasteiger charge is -2.18. The molecule has 0 fully saturated rings.